The lowest BCUT2D eigenvalue weighted by Gasteiger charge is -2.13. The third-order valence-electron chi connectivity index (χ3n) is 1.85. The number of ether oxygens (including phenoxy) is 1. The minimum absolute atomic E-state index is 0.174. The van der Waals surface area contributed by atoms with Crippen LogP contribution in [0, 0.1) is 5.82 Å². The molecule has 3 N–H and O–H groups in total. The van der Waals surface area contributed by atoms with E-state index in [0.717, 1.165) is 6.07 Å². The molecule has 0 radical (unpaired) electrons. The molecular weight excluding hydrogens is 189 g/mol. The first-order chi connectivity index (χ1) is 6.56. The predicted molar refractivity (Wildman–Crippen MR) is 43.6 cm³/mol. The average molecular weight is 199 g/mol. The van der Waals surface area contributed by atoms with E-state index in [1.54, 1.807) is 0 Å². The van der Waals surface area contributed by atoms with Gasteiger partial charge in [-0.2, -0.15) is 0 Å². The lowest BCUT2D eigenvalue weighted by atomic mass is 10.1. The van der Waals surface area contributed by atoms with Gasteiger partial charge in [-0.15, -0.1) is 0 Å². The highest BCUT2D eigenvalue weighted by Crippen LogP contribution is 2.23. The Morgan fingerprint density at radius 2 is 2.29 bits per heavy atom. The van der Waals surface area contributed by atoms with Crippen molar-refractivity contribution in [2.45, 2.75) is 6.04 Å². The topological polar surface area (TPSA) is 77.0 Å². The molecule has 0 unspecified atom stereocenters. The maximum Gasteiger partial charge on any atom is 0.154 e. The highest BCUT2D eigenvalue weighted by molar-refractivity contribution is 5.72. The summed E-state index contributed by atoms with van der Waals surface area (Å²) >= 11 is 0. The van der Waals surface area contributed by atoms with Crippen molar-refractivity contribution in [3.8, 4) is 5.75 Å². The number of hydrogen-bond acceptors (Lipinski definition) is 3. The molecule has 0 bridgehead atoms. The van der Waals surface area contributed by atoms with Gasteiger partial charge in [-0.1, -0.05) is 0 Å². The van der Waals surface area contributed by atoms with E-state index in [4.69, 9.17) is 4.74 Å². The van der Waals surface area contributed by atoms with Crippen molar-refractivity contribution in [1.29, 1.82) is 0 Å². The number of carboxylic acid groups (broad SMARTS) is 1. The zero-order chi connectivity index (χ0) is 10.7. The summed E-state index contributed by atoms with van der Waals surface area (Å²) in [5.41, 5.74) is 3.52. The van der Waals surface area contributed by atoms with E-state index in [0.29, 0.717) is 0 Å². The number of aliphatic carboxylic acids is 1. The van der Waals surface area contributed by atoms with E-state index in [1.165, 1.54) is 19.2 Å². The molecule has 0 amide bonds. The lowest BCUT2D eigenvalue weighted by Crippen LogP contribution is -2.61. The van der Waals surface area contributed by atoms with Crippen molar-refractivity contribution < 1.29 is 24.8 Å². The van der Waals surface area contributed by atoms with Gasteiger partial charge in [0.15, 0.2) is 6.04 Å². The van der Waals surface area contributed by atoms with Crippen molar-refractivity contribution in [3.63, 3.8) is 0 Å². The molecular formula is C9H10FNO3. The van der Waals surface area contributed by atoms with Gasteiger partial charge in [-0.05, 0) is 18.2 Å². The van der Waals surface area contributed by atoms with Crippen LogP contribution in [0.4, 0.5) is 4.39 Å². The summed E-state index contributed by atoms with van der Waals surface area (Å²) in [7, 11) is 1.37. The van der Waals surface area contributed by atoms with E-state index < -0.39 is 17.8 Å². The molecule has 4 nitrogen and oxygen atoms in total. The first-order valence-electron chi connectivity index (χ1n) is 3.93. The molecule has 0 aliphatic carbocycles. The van der Waals surface area contributed by atoms with Crippen LogP contribution in [-0.2, 0) is 4.79 Å². The molecule has 0 saturated heterocycles. The third-order valence-corrected chi connectivity index (χ3v) is 1.85. The van der Waals surface area contributed by atoms with Gasteiger partial charge in [0.2, 0.25) is 0 Å². The van der Waals surface area contributed by atoms with Gasteiger partial charge in [0.1, 0.15) is 17.5 Å². The lowest BCUT2D eigenvalue weighted by molar-refractivity contribution is -0.443. The Morgan fingerprint density at radius 1 is 1.64 bits per heavy atom. The van der Waals surface area contributed by atoms with Crippen LogP contribution < -0.4 is 15.6 Å². The summed E-state index contributed by atoms with van der Waals surface area (Å²) in [5, 5.41) is 10.5. The minimum Gasteiger partial charge on any atom is -0.544 e. The molecule has 0 aliphatic heterocycles. The number of benzene rings is 1. The second-order valence-corrected chi connectivity index (χ2v) is 2.76. The van der Waals surface area contributed by atoms with Crippen molar-refractivity contribution in [2.75, 3.05) is 7.11 Å². The number of carboxylic acids is 1. The number of hydrogen-bond donors (Lipinski definition) is 1. The van der Waals surface area contributed by atoms with Gasteiger partial charge in [0.05, 0.1) is 12.7 Å². The Labute approximate surface area is 80.1 Å². The number of carbonyl (C=O) groups is 1. The van der Waals surface area contributed by atoms with Gasteiger partial charge >= 0.3 is 0 Å². The zero-order valence-corrected chi connectivity index (χ0v) is 7.62. The molecule has 14 heavy (non-hydrogen) atoms. The summed E-state index contributed by atoms with van der Waals surface area (Å²) in [6.07, 6.45) is 0. The van der Waals surface area contributed by atoms with E-state index in [1.807, 2.05) is 0 Å². The Kier molecular flexibility index (Phi) is 3.03. The number of methoxy groups -OCH3 is 1. The van der Waals surface area contributed by atoms with Crippen LogP contribution in [0.25, 0.3) is 0 Å². The first kappa shape index (κ1) is 10.5. The van der Waals surface area contributed by atoms with Gasteiger partial charge in [-0.3, -0.25) is 0 Å². The van der Waals surface area contributed by atoms with E-state index >= 15 is 0 Å². The Bertz CT molecular complexity index is 354. The van der Waals surface area contributed by atoms with Crippen molar-refractivity contribution >= 4 is 5.97 Å². The molecule has 0 fully saturated rings. The standard InChI is InChI=1S/C9H10FNO3/c1-14-7-3-2-5(10)4-6(7)8(11)9(12)13/h2-4,8H,11H2,1H3,(H,12,13)/t8-/m0/s1. The molecule has 1 aromatic rings. The smallest absolute Gasteiger partial charge is 0.154 e. The van der Waals surface area contributed by atoms with E-state index in [9.17, 15) is 14.3 Å². The van der Waals surface area contributed by atoms with Crippen LogP contribution >= 0.6 is 0 Å². The Balaban J connectivity index is 3.16. The van der Waals surface area contributed by atoms with Crippen molar-refractivity contribution in [2.24, 2.45) is 0 Å². The molecule has 1 rings (SSSR count). The van der Waals surface area contributed by atoms with Crippen LogP contribution in [0.1, 0.15) is 11.6 Å². The van der Waals surface area contributed by atoms with Gasteiger partial charge in [0.25, 0.3) is 0 Å². The summed E-state index contributed by atoms with van der Waals surface area (Å²) in [4.78, 5) is 10.5. The van der Waals surface area contributed by atoms with Crippen LogP contribution in [0.5, 0.6) is 5.75 Å². The Morgan fingerprint density at radius 3 is 2.79 bits per heavy atom. The normalized spacial score (nSPS) is 12.2. The van der Waals surface area contributed by atoms with Crippen LogP contribution in [0.15, 0.2) is 18.2 Å². The molecule has 76 valence electrons. The first-order valence-corrected chi connectivity index (χ1v) is 3.93. The third kappa shape index (κ3) is 2.00. The molecule has 0 aromatic heterocycles. The molecule has 0 aliphatic rings. The van der Waals surface area contributed by atoms with Crippen LogP contribution in [0.2, 0.25) is 0 Å². The monoisotopic (exact) mass is 199 g/mol. The van der Waals surface area contributed by atoms with Gasteiger partial charge < -0.3 is 20.4 Å². The summed E-state index contributed by atoms with van der Waals surface area (Å²) in [6, 6.07) is 2.48. The fourth-order valence-electron chi connectivity index (χ4n) is 1.10. The second kappa shape index (κ2) is 4.06. The highest BCUT2D eigenvalue weighted by atomic mass is 19.1. The predicted octanol–water partition coefficient (Wildman–Crippen LogP) is -1.13. The molecule has 1 aromatic carbocycles. The van der Waals surface area contributed by atoms with Crippen LogP contribution in [-0.4, -0.2) is 13.1 Å². The SMILES string of the molecule is COc1ccc(F)cc1[C@H]([NH3+])C(=O)[O-]. The van der Waals surface area contributed by atoms with Gasteiger partial charge in [-0.25, -0.2) is 4.39 Å². The number of halogens is 1. The fourth-order valence-corrected chi connectivity index (χ4v) is 1.10. The molecule has 0 saturated carbocycles. The molecule has 0 spiro atoms. The van der Waals surface area contributed by atoms with Crippen molar-refractivity contribution in [3.05, 3.63) is 29.6 Å². The van der Waals surface area contributed by atoms with Gasteiger partial charge in [0, 0.05) is 0 Å². The highest BCUT2D eigenvalue weighted by Gasteiger charge is 2.16. The summed E-state index contributed by atoms with van der Waals surface area (Å²) in [5.74, 6) is -1.61. The summed E-state index contributed by atoms with van der Waals surface area (Å²) < 4.78 is 17.7. The average Bonchev–Trinajstić information content (AvgIpc) is 2.16. The van der Waals surface area contributed by atoms with E-state index in [-0.39, 0.29) is 11.3 Å². The molecule has 1 atom stereocenters. The van der Waals surface area contributed by atoms with Crippen molar-refractivity contribution in [1.82, 2.24) is 0 Å². The number of carbonyl (C=O) groups excluding carboxylic acids is 1. The molecule has 0 heterocycles. The fraction of sp³-hybridized carbons (Fsp3) is 0.222. The number of rotatable bonds is 3. The second-order valence-electron chi connectivity index (χ2n) is 2.76. The number of quaternary nitrogens is 1. The largest absolute Gasteiger partial charge is 0.544 e. The maximum absolute atomic E-state index is 12.8. The minimum atomic E-state index is -1.37. The van der Waals surface area contributed by atoms with Crippen LogP contribution in [0.3, 0.4) is 0 Å². The summed E-state index contributed by atoms with van der Waals surface area (Å²) in [6.45, 7) is 0. The maximum atomic E-state index is 12.8. The van der Waals surface area contributed by atoms with E-state index in [2.05, 4.69) is 5.73 Å². The quantitative estimate of drug-likeness (QED) is 0.669. The zero-order valence-electron chi connectivity index (χ0n) is 7.62. The Hall–Kier alpha value is -1.62. The molecule has 5 heteroatoms.